The fraction of sp³-hybridized carbons (Fsp3) is 0.500. The second-order valence-electron chi connectivity index (χ2n) is 4.89. The molecule has 1 aliphatic heterocycles. The lowest BCUT2D eigenvalue weighted by Crippen LogP contribution is -2.38. The average molecular weight is 247 g/mol. The number of hydrogen-bond donors (Lipinski definition) is 2. The van der Waals surface area contributed by atoms with Crippen LogP contribution >= 0.6 is 0 Å². The summed E-state index contributed by atoms with van der Waals surface area (Å²) in [7, 11) is 0. The van der Waals surface area contributed by atoms with Crippen LogP contribution in [0.1, 0.15) is 37.8 Å². The van der Waals surface area contributed by atoms with Crippen LogP contribution in [0.4, 0.5) is 10.5 Å². The summed E-state index contributed by atoms with van der Waals surface area (Å²) in [5, 5.41) is 2.94. The molecule has 0 bridgehead atoms. The van der Waals surface area contributed by atoms with Crippen LogP contribution in [0, 0.1) is 0 Å². The van der Waals surface area contributed by atoms with Gasteiger partial charge in [0.1, 0.15) is 0 Å². The molecule has 1 aliphatic rings. The molecule has 1 atom stereocenters. The Morgan fingerprint density at radius 1 is 1.33 bits per heavy atom. The number of hydrogen-bond acceptors (Lipinski definition) is 2. The molecule has 1 fully saturated rings. The minimum atomic E-state index is -0.0168. The largest absolute Gasteiger partial charge is 0.325 e. The second-order valence-corrected chi connectivity index (χ2v) is 4.89. The molecular formula is C14H21N3O. The van der Waals surface area contributed by atoms with Crippen LogP contribution in [0.2, 0.25) is 0 Å². The van der Waals surface area contributed by atoms with Crippen molar-refractivity contribution in [3.8, 4) is 0 Å². The highest BCUT2D eigenvalue weighted by Gasteiger charge is 2.16. The summed E-state index contributed by atoms with van der Waals surface area (Å²) in [5.41, 5.74) is 7.69. The van der Waals surface area contributed by atoms with Crippen molar-refractivity contribution in [3.63, 3.8) is 0 Å². The molecule has 4 heteroatoms. The SMILES string of the molecule is CC(N)c1cccc(NC(=O)N2CCCCC2)c1. The number of rotatable bonds is 2. The zero-order valence-corrected chi connectivity index (χ0v) is 10.9. The number of nitrogens with zero attached hydrogens (tertiary/aromatic N) is 1. The molecule has 1 heterocycles. The molecule has 1 unspecified atom stereocenters. The Kier molecular flexibility index (Phi) is 4.20. The Morgan fingerprint density at radius 3 is 2.72 bits per heavy atom. The van der Waals surface area contributed by atoms with E-state index in [2.05, 4.69) is 5.32 Å². The average Bonchev–Trinajstić information content (AvgIpc) is 2.40. The lowest BCUT2D eigenvalue weighted by molar-refractivity contribution is 0.200. The van der Waals surface area contributed by atoms with E-state index in [4.69, 9.17) is 5.73 Å². The van der Waals surface area contributed by atoms with Crippen molar-refractivity contribution < 1.29 is 4.79 Å². The number of amides is 2. The van der Waals surface area contributed by atoms with Gasteiger partial charge in [0.15, 0.2) is 0 Å². The Bertz CT molecular complexity index is 411. The number of nitrogens with one attached hydrogen (secondary N) is 1. The van der Waals surface area contributed by atoms with Crippen molar-refractivity contribution in [1.82, 2.24) is 4.90 Å². The van der Waals surface area contributed by atoms with Gasteiger partial charge in [-0.2, -0.15) is 0 Å². The molecule has 1 aromatic carbocycles. The maximum Gasteiger partial charge on any atom is 0.321 e. The molecule has 2 amide bonds. The molecule has 4 nitrogen and oxygen atoms in total. The van der Waals surface area contributed by atoms with E-state index in [-0.39, 0.29) is 12.1 Å². The van der Waals surface area contributed by atoms with Crippen LogP contribution in [-0.2, 0) is 0 Å². The predicted octanol–water partition coefficient (Wildman–Crippen LogP) is 2.72. The zero-order valence-electron chi connectivity index (χ0n) is 10.9. The van der Waals surface area contributed by atoms with Gasteiger partial charge in [0.05, 0.1) is 0 Å². The smallest absolute Gasteiger partial charge is 0.321 e. The van der Waals surface area contributed by atoms with Crippen LogP contribution in [0.25, 0.3) is 0 Å². The van der Waals surface area contributed by atoms with Gasteiger partial charge in [-0.05, 0) is 43.9 Å². The van der Waals surface area contributed by atoms with E-state index < -0.39 is 0 Å². The normalized spacial score (nSPS) is 17.3. The molecule has 0 aliphatic carbocycles. The first-order valence-corrected chi connectivity index (χ1v) is 6.58. The summed E-state index contributed by atoms with van der Waals surface area (Å²) in [6, 6.07) is 7.71. The molecule has 1 aromatic rings. The molecular weight excluding hydrogens is 226 g/mol. The van der Waals surface area contributed by atoms with Gasteiger partial charge in [-0.25, -0.2) is 4.79 Å². The summed E-state index contributed by atoms with van der Waals surface area (Å²) in [6.07, 6.45) is 3.44. The summed E-state index contributed by atoms with van der Waals surface area (Å²) < 4.78 is 0. The van der Waals surface area contributed by atoms with Crippen LogP contribution in [0.5, 0.6) is 0 Å². The quantitative estimate of drug-likeness (QED) is 0.844. The number of urea groups is 1. The monoisotopic (exact) mass is 247 g/mol. The van der Waals surface area contributed by atoms with Crippen molar-refractivity contribution in [2.45, 2.75) is 32.2 Å². The minimum absolute atomic E-state index is 0.00322. The van der Waals surface area contributed by atoms with Crippen LogP contribution in [0.15, 0.2) is 24.3 Å². The number of carbonyl (C=O) groups is 1. The predicted molar refractivity (Wildman–Crippen MR) is 73.5 cm³/mol. The fourth-order valence-electron chi connectivity index (χ4n) is 2.20. The Hall–Kier alpha value is -1.55. The van der Waals surface area contributed by atoms with Crippen molar-refractivity contribution in [3.05, 3.63) is 29.8 Å². The van der Waals surface area contributed by atoms with Gasteiger partial charge in [0.25, 0.3) is 0 Å². The van der Waals surface area contributed by atoms with Crippen molar-refractivity contribution in [2.75, 3.05) is 18.4 Å². The molecule has 3 N–H and O–H groups in total. The number of nitrogens with two attached hydrogens (primary N) is 1. The first-order chi connectivity index (χ1) is 8.66. The van der Waals surface area contributed by atoms with Crippen LogP contribution in [-0.4, -0.2) is 24.0 Å². The topological polar surface area (TPSA) is 58.4 Å². The van der Waals surface area contributed by atoms with Gasteiger partial charge >= 0.3 is 6.03 Å². The zero-order chi connectivity index (χ0) is 13.0. The highest BCUT2D eigenvalue weighted by atomic mass is 16.2. The van der Waals surface area contributed by atoms with E-state index >= 15 is 0 Å². The standard InChI is InChI=1S/C14H21N3O/c1-11(15)12-6-5-7-13(10-12)16-14(18)17-8-3-2-4-9-17/h5-7,10-11H,2-4,8-9,15H2,1H3,(H,16,18). The van der Waals surface area contributed by atoms with Crippen molar-refractivity contribution in [2.24, 2.45) is 5.73 Å². The maximum atomic E-state index is 12.0. The molecule has 98 valence electrons. The third kappa shape index (κ3) is 3.23. The number of benzene rings is 1. The van der Waals surface area contributed by atoms with Gasteiger partial charge in [-0.15, -0.1) is 0 Å². The first kappa shape index (κ1) is 12.9. The molecule has 0 saturated carbocycles. The summed E-state index contributed by atoms with van der Waals surface area (Å²) in [5.74, 6) is 0. The van der Waals surface area contributed by atoms with Gasteiger partial charge in [0.2, 0.25) is 0 Å². The van der Waals surface area contributed by atoms with Gasteiger partial charge in [0, 0.05) is 24.8 Å². The number of carbonyl (C=O) groups excluding carboxylic acids is 1. The van der Waals surface area contributed by atoms with E-state index in [1.54, 1.807) is 0 Å². The third-order valence-electron chi connectivity index (χ3n) is 3.31. The lowest BCUT2D eigenvalue weighted by atomic mass is 10.1. The number of anilines is 1. The third-order valence-corrected chi connectivity index (χ3v) is 3.31. The van der Waals surface area contributed by atoms with Gasteiger partial charge < -0.3 is 16.0 Å². The molecule has 0 spiro atoms. The Morgan fingerprint density at radius 2 is 2.06 bits per heavy atom. The highest BCUT2D eigenvalue weighted by Crippen LogP contribution is 2.17. The van der Waals surface area contributed by atoms with E-state index in [1.165, 1.54) is 6.42 Å². The number of likely N-dealkylation sites (tertiary alicyclic amines) is 1. The molecule has 0 radical (unpaired) electrons. The lowest BCUT2D eigenvalue weighted by Gasteiger charge is -2.26. The summed E-state index contributed by atoms with van der Waals surface area (Å²) in [4.78, 5) is 13.9. The van der Waals surface area contributed by atoms with E-state index in [0.29, 0.717) is 0 Å². The van der Waals surface area contributed by atoms with Crippen molar-refractivity contribution in [1.29, 1.82) is 0 Å². The Labute approximate surface area is 108 Å². The maximum absolute atomic E-state index is 12.0. The van der Waals surface area contributed by atoms with E-state index in [1.807, 2.05) is 36.1 Å². The number of piperidine rings is 1. The molecule has 18 heavy (non-hydrogen) atoms. The van der Waals surface area contributed by atoms with E-state index in [0.717, 1.165) is 37.2 Å². The highest BCUT2D eigenvalue weighted by molar-refractivity contribution is 5.89. The minimum Gasteiger partial charge on any atom is -0.325 e. The fourth-order valence-corrected chi connectivity index (χ4v) is 2.20. The van der Waals surface area contributed by atoms with E-state index in [9.17, 15) is 4.79 Å². The molecule has 0 aromatic heterocycles. The Balaban J connectivity index is 1.99. The van der Waals surface area contributed by atoms with Crippen molar-refractivity contribution >= 4 is 11.7 Å². The second kappa shape index (κ2) is 5.87. The summed E-state index contributed by atoms with van der Waals surface area (Å²) in [6.45, 7) is 3.66. The first-order valence-electron chi connectivity index (χ1n) is 6.58. The molecule has 2 rings (SSSR count). The molecule has 1 saturated heterocycles. The van der Waals surface area contributed by atoms with Crippen LogP contribution < -0.4 is 11.1 Å². The van der Waals surface area contributed by atoms with Gasteiger partial charge in [-0.3, -0.25) is 0 Å². The van der Waals surface area contributed by atoms with Gasteiger partial charge in [-0.1, -0.05) is 12.1 Å². The van der Waals surface area contributed by atoms with Crippen LogP contribution in [0.3, 0.4) is 0 Å². The summed E-state index contributed by atoms with van der Waals surface area (Å²) >= 11 is 0.